The van der Waals surface area contributed by atoms with E-state index in [9.17, 15) is 5.11 Å². The Morgan fingerprint density at radius 3 is 2.62 bits per heavy atom. The second kappa shape index (κ2) is 5.42. The predicted molar refractivity (Wildman–Crippen MR) is 98.6 cm³/mol. The van der Waals surface area contributed by atoms with Crippen LogP contribution in [0.5, 0.6) is 5.75 Å². The summed E-state index contributed by atoms with van der Waals surface area (Å²) in [6.45, 7) is 0. The quantitative estimate of drug-likeness (QED) is 0.521. The third kappa shape index (κ3) is 2.23. The standard InChI is InChI=1S/C20H14N4O2/c1-24-17-9-14(6-7-15(17)11-21-24)19-22-20(26-23-19)16-8-12-4-2-3-5-13(12)10-18(16)25/h2-11,25H,1H3. The van der Waals surface area contributed by atoms with Crippen molar-refractivity contribution >= 4 is 21.7 Å². The number of aromatic hydroxyl groups is 1. The van der Waals surface area contributed by atoms with Gasteiger partial charge in [-0.05, 0) is 29.0 Å². The molecule has 0 aliphatic carbocycles. The SMILES string of the molecule is Cn1ncc2ccc(-c3noc(-c4cc5ccccc5cc4O)n3)cc21. The van der Waals surface area contributed by atoms with E-state index in [1.54, 1.807) is 10.7 Å². The number of benzene rings is 3. The number of hydrogen-bond donors (Lipinski definition) is 1. The fraction of sp³-hybridized carbons (Fsp3) is 0.0500. The van der Waals surface area contributed by atoms with E-state index in [0.29, 0.717) is 11.4 Å². The summed E-state index contributed by atoms with van der Waals surface area (Å²) in [7, 11) is 1.89. The zero-order chi connectivity index (χ0) is 17.7. The van der Waals surface area contributed by atoms with Crippen molar-refractivity contribution < 1.29 is 9.63 Å². The fourth-order valence-electron chi connectivity index (χ4n) is 3.13. The van der Waals surface area contributed by atoms with Crippen LogP contribution < -0.4 is 0 Å². The number of rotatable bonds is 2. The Labute approximate surface area is 148 Å². The van der Waals surface area contributed by atoms with E-state index in [1.807, 2.05) is 61.8 Å². The van der Waals surface area contributed by atoms with E-state index in [4.69, 9.17) is 4.52 Å². The van der Waals surface area contributed by atoms with Crippen LogP contribution in [-0.4, -0.2) is 25.0 Å². The van der Waals surface area contributed by atoms with Crippen LogP contribution in [0.1, 0.15) is 0 Å². The first-order valence-corrected chi connectivity index (χ1v) is 8.17. The van der Waals surface area contributed by atoms with Gasteiger partial charge in [0, 0.05) is 18.0 Å². The van der Waals surface area contributed by atoms with E-state index < -0.39 is 0 Å². The van der Waals surface area contributed by atoms with Gasteiger partial charge in [-0.2, -0.15) is 10.1 Å². The first-order valence-electron chi connectivity index (χ1n) is 8.17. The number of fused-ring (bicyclic) bond motifs is 2. The molecule has 6 nitrogen and oxygen atoms in total. The van der Waals surface area contributed by atoms with Crippen LogP contribution in [0, 0.1) is 0 Å². The first kappa shape index (κ1) is 14.7. The summed E-state index contributed by atoms with van der Waals surface area (Å²) in [5.41, 5.74) is 2.34. The lowest BCUT2D eigenvalue weighted by molar-refractivity contribution is 0.426. The maximum absolute atomic E-state index is 10.4. The third-order valence-corrected chi connectivity index (χ3v) is 4.53. The van der Waals surface area contributed by atoms with E-state index in [1.165, 1.54) is 0 Å². The largest absolute Gasteiger partial charge is 0.507 e. The van der Waals surface area contributed by atoms with Crippen molar-refractivity contribution in [1.29, 1.82) is 0 Å². The van der Waals surface area contributed by atoms with Gasteiger partial charge in [0.1, 0.15) is 5.75 Å². The van der Waals surface area contributed by atoms with Gasteiger partial charge in [-0.25, -0.2) is 0 Å². The molecule has 5 aromatic rings. The molecule has 1 N–H and O–H groups in total. The molecule has 0 spiro atoms. The lowest BCUT2D eigenvalue weighted by Gasteiger charge is -2.03. The highest BCUT2D eigenvalue weighted by Crippen LogP contribution is 2.33. The maximum atomic E-state index is 10.4. The van der Waals surface area contributed by atoms with Crippen molar-refractivity contribution in [3.63, 3.8) is 0 Å². The summed E-state index contributed by atoms with van der Waals surface area (Å²) in [6.07, 6.45) is 1.81. The number of hydrogen-bond acceptors (Lipinski definition) is 5. The van der Waals surface area contributed by atoms with Crippen LogP contribution >= 0.6 is 0 Å². The molecule has 6 heteroatoms. The summed E-state index contributed by atoms with van der Waals surface area (Å²) < 4.78 is 7.22. The predicted octanol–water partition coefficient (Wildman–Crippen LogP) is 4.15. The number of phenolic OH excluding ortho intramolecular Hbond substituents is 1. The highest BCUT2D eigenvalue weighted by Gasteiger charge is 2.15. The van der Waals surface area contributed by atoms with E-state index in [2.05, 4.69) is 15.2 Å². The Kier molecular flexibility index (Phi) is 3.05. The van der Waals surface area contributed by atoms with Gasteiger partial charge in [-0.1, -0.05) is 41.6 Å². The fourth-order valence-corrected chi connectivity index (χ4v) is 3.13. The van der Waals surface area contributed by atoms with Crippen LogP contribution in [0.15, 0.2) is 65.3 Å². The van der Waals surface area contributed by atoms with Crippen molar-refractivity contribution in [2.45, 2.75) is 0 Å². The van der Waals surface area contributed by atoms with E-state index in [0.717, 1.165) is 27.2 Å². The van der Waals surface area contributed by atoms with Crippen molar-refractivity contribution in [1.82, 2.24) is 19.9 Å². The van der Waals surface area contributed by atoms with Crippen LogP contribution in [0.2, 0.25) is 0 Å². The molecule has 0 radical (unpaired) electrons. The molecule has 0 saturated carbocycles. The lowest BCUT2D eigenvalue weighted by atomic mass is 10.1. The molecule has 2 aromatic heterocycles. The Bertz CT molecular complexity index is 1270. The number of nitrogens with zero attached hydrogens (tertiary/aromatic N) is 4. The van der Waals surface area contributed by atoms with Gasteiger partial charge >= 0.3 is 0 Å². The van der Waals surface area contributed by atoms with Crippen LogP contribution in [-0.2, 0) is 7.05 Å². The van der Waals surface area contributed by atoms with Gasteiger partial charge < -0.3 is 9.63 Å². The second-order valence-corrected chi connectivity index (χ2v) is 6.18. The number of phenols is 1. The van der Waals surface area contributed by atoms with Gasteiger partial charge in [0.25, 0.3) is 5.89 Å². The minimum Gasteiger partial charge on any atom is -0.507 e. The molecule has 0 aliphatic heterocycles. The minimum atomic E-state index is 0.112. The molecule has 2 heterocycles. The molecule has 0 aliphatic rings. The molecule has 0 unspecified atom stereocenters. The molecule has 0 atom stereocenters. The zero-order valence-electron chi connectivity index (χ0n) is 13.9. The summed E-state index contributed by atoms with van der Waals surface area (Å²) in [4.78, 5) is 4.47. The van der Waals surface area contributed by atoms with Gasteiger partial charge in [-0.3, -0.25) is 4.68 Å². The Morgan fingerprint density at radius 1 is 0.962 bits per heavy atom. The first-order chi connectivity index (χ1) is 12.7. The minimum absolute atomic E-state index is 0.112. The lowest BCUT2D eigenvalue weighted by Crippen LogP contribution is -1.89. The molecular weight excluding hydrogens is 328 g/mol. The normalized spacial score (nSPS) is 11.4. The number of aromatic nitrogens is 4. The van der Waals surface area contributed by atoms with Gasteiger partial charge in [0.15, 0.2) is 0 Å². The summed E-state index contributed by atoms with van der Waals surface area (Å²) in [5.74, 6) is 0.866. The monoisotopic (exact) mass is 342 g/mol. The smallest absolute Gasteiger partial charge is 0.262 e. The Hall–Kier alpha value is -3.67. The molecule has 3 aromatic carbocycles. The van der Waals surface area contributed by atoms with Crippen molar-refractivity contribution in [2.24, 2.45) is 7.05 Å². The highest BCUT2D eigenvalue weighted by atomic mass is 16.5. The average Bonchev–Trinajstić information content (AvgIpc) is 3.28. The van der Waals surface area contributed by atoms with Gasteiger partial charge in [-0.15, -0.1) is 0 Å². The maximum Gasteiger partial charge on any atom is 0.262 e. The zero-order valence-corrected chi connectivity index (χ0v) is 13.9. The third-order valence-electron chi connectivity index (χ3n) is 4.53. The molecule has 26 heavy (non-hydrogen) atoms. The molecular formula is C20H14N4O2. The summed E-state index contributed by atoms with van der Waals surface area (Å²) in [5, 5.41) is 21.7. The van der Waals surface area contributed by atoms with Gasteiger partial charge in [0.2, 0.25) is 5.82 Å². The second-order valence-electron chi connectivity index (χ2n) is 6.18. The van der Waals surface area contributed by atoms with Crippen LogP contribution in [0.4, 0.5) is 0 Å². The average molecular weight is 342 g/mol. The summed E-state index contributed by atoms with van der Waals surface area (Å²) in [6, 6.07) is 17.2. The van der Waals surface area contributed by atoms with E-state index >= 15 is 0 Å². The topological polar surface area (TPSA) is 77.0 Å². The molecule has 0 saturated heterocycles. The van der Waals surface area contributed by atoms with Crippen LogP contribution in [0.25, 0.3) is 44.5 Å². The molecule has 0 amide bonds. The van der Waals surface area contributed by atoms with Crippen LogP contribution in [0.3, 0.4) is 0 Å². The molecule has 0 bridgehead atoms. The molecule has 126 valence electrons. The van der Waals surface area contributed by atoms with Crippen molar-refractivity contribution in [2.75, 3.05) is 0 Å². The van der Waals surface area contributed by atoms with Gasteiger partial charge in [0.05, 0.1) is 17.3 Å². The summed E-state index contributed by atoms with van der Waals surface area (Å²) >= 11 is 0. The Balaban J connectivity index is 1.61. The van der Waals surface area contributed by atoms with E-state index in [-0.39, 0.29) is 11.6 Å². The Morgan fingerprint density at radius 2 is 1.77 bits per heavy atom. The molecule has 0 fully saturated rings. The molecule has 5 rings (SSSR count). The highest BCUT2D eigenvalue weighted by molar-refractivity contribution is 5.89. The number of aryl methyl sites for hydroxylation is 1. The van der Waals surface area contributed by atoms with Crippen molar-refractivity contribution in [3.05, 3.63) is 60.8 Å². The van der Waals surface area contributed by atoms with Crippen molar-refractivity contribution in [3.8, 4) is 28.6 Å².